The molecule has 4 heteroatoms. The van der Waals surface area contributed by atoms with Crippen molar-refractivity contribution in [3.05, 3.63) is 102 Å². The maximum Gasteiger partial charge on any atom is 0.251 e. The van der Waals surface area contributed by atoms with Crippen molar-refractivity contribution in [2.24, 2.45) is 0 Å². The molecule has 0 saturated carbocycles. The van der Waals surface area contributed by atoms with Gasteiger partial charge in [0.2, 0.25) is 0 Å². The molecule has 2 N–H and O–H groups in total. The first-order valence-corrected chi connectivity index (χ1v) is 8.62. The number of benzene rings is 2. The number of H-pyrrole nitrogens is 1. The quantitative estimate of drug-likeness (QED) is 0.569. The second kappa shape index (κ2) is 7.23. The number of nitrogens with zero attached hydrogens (tertiary/aromatic N) is 1. The van der Waals surface area contributed by atoms with Crippen LogP contribution in [0.3, 0.4) is 0 Å². The van der Waals surface area contributed by atoms with Crippen LogP contribution in [0.1, 0.15) is 27.5 Å². The summed E-state index contributed by atoms with van der Waals surface area (Å²) < 4.78 is 0. The lowest BCUT2D eigenvalue weighted by Gasteiger charge is -2.18. The van der Waals surface area contributed by atoms with E-state index in [-0.39, 0.29) is 11.9 Å². The van der Waals surface area contributed by atoms with Gasteiger partial charge in [-0.15, -0.1) is 0 Å². The van der Waals surface area contributed by atoms with E-state index >= 15 is 0 Å². The number of hydrogen-bond acceptors (Lipinski definition) is 2. The lowest BCUT2D eigenvalue weighted by molar-refractivity contribution is 0.0936. The minimum Gasteiger partial charge on any atom is -0.367 e. The van der Waals surface area contributed by atoms with Crippen LogP contribution in [0.5, 0.6) is 0 Å². The van der Waals surface area contributed by atoms with Gasteiger partial charge < -0.3 is 10.3 Å². The van der Waals surface area contributed by atoms with Crippen molar-refractivity contribution in [1.82, 2.24) is 15.3 Å². The number of amides is 1. The Kier molecular flexibility index (Phi) is 4.48. The number of carbonyl (C=O) groups excluding carboxylic acids is 1. The highest BCUT2D eigenvalue weighted by Crippen LogP contribution is 2.20. The zero-order valence-electron chi connectivity index (χ0n) is 14.2. The van der Waals surface area contributed by atoms with Crippen molar-refractivity contribution in [2.45, 2.75) is 12.5 Å². The first-order valence-electron chi connectivity index (χ1n) is 8.62. The highest BCUT2D eigenvalue weighted by molar-refractivity contribution is 5.98. The predicted molar refractivity (Wildman–Crippen MR) is 103 cm³/mol. The second-order valence-corrected chi connectivity index (χ2v) is 6.27. The fraction of sp³-hybridized carbons (Fsp3) is 0.0909. The summed E-state index contributed by atoms with van der Waals surface area (Å²) in [5, 5.41) is 4.13. The van der Waals surface area contributed by atoms with Crippen molar-refractivity contribution in [2.75, 3.05) is 0 Å². The Labute approximate surface area is 151 Å². The molecule has 4 nitrogen and oxygen atoms in total. The van der Waals surface area contributed by atoms with Crippen LogP contribution in [-0.4, -0.2) is 15.9 Å². The van der Waals surface area contributed by atoms with E-state index in [1.54, 1.807) is 6.20 Å². The number of hydrogen-bond donors (Lipinski definition) is 2. The van der Waals surface area contributed by atoms with E-state index in [9.17, 15) is 4.79 Å². The van der Waals surface area contributed by atoms with E-state index in [0.717, 1.165) is 22.9 Å². The van der Waals surface area contributed by atoms with Crippen LogP contribution in [0, 0.1) is 0 Å². The predicted octanol–water partition coefficient (Wildman–Crippen LogP) is 4.28. The molecular formula is C22H19N3O. The SMILES string of the molecule is O=C(NC(Cc1ccccc1)c1cc[nH]c1)c1ccc2ncccc2c1. The molecule has 2 heterocycles. The first-order chi connectivity index (χ1) is 12.8. The van der Waals surface area contributed by atoms with Crippen LogP contribution in [0.4, 0.5) is 0 Å². The molecule has 4 rings (SSSR count). The molecule has 0 aliphatic carbocycles. The van der Waals surface area contributed by atoms with Gasteiger partial charge in [-0.05, 0) is 47.9 Å². The van der Waals surface area contributed by atoms with Crippen LogP contribution in [0.15, 0.2) is 85.3 Å². The summed E-state index contributed by atoms with van der Waals surface area (Å²) in [5.41, 5.74) is 3.76. The Balaban J connectivity index is 1.58. The second-order valence-electron chi connectivity index (χ2n) is 6.27. The zero-order chi connectivity index (χ0) is 17.8. The zero-order valence-corrected chi connectivity index (χ0v) is 14.2. The van der Waals surface area contributed by atoms with Crippen LogP contribution in [0.25, 0.3) is 10.9 Å². The fourth-order valence-corrected chi connectivity index (χ4v) is 3.11. The van der Waals surface area contributed by atoms with Crippen molar-refractivity contribution >= 4 is 16.8 Å². The maximum absolute atomic E-state index is 12.8. The normalized spacial score (nSPS) is 12.0. The molecule has 1 unspecified atom stereocenters. The van der Waals surface area contributed by atoms with E-state index in [1.165, 1.54) is 5.56 Å². The molecule has 0 spiro atoms. The van der Waals surface area contributed by atoms with Gasteiger partial charge in [0.1, 0.15) is 0 Å². The van der Waals surface area contributed by atoms with Crippen LogP contribution >= 0.6 is 0 Å². The highest BCUT2D eigenvalue weighted by Gasteiger charge is 2.17. The number of pyridine rings is 1. The van der Waals surface area contributed by atoms with Crippen molar-refractivity contribution in [1.29, 1.82) is 0 Å². The van der Waals surface area contributed by atoms with Crippen molar-refractivity contribution < 1.29 is 4.79 Å². The van der Waals surface area contributed by atoms with Gasteiger partial charge in [0, 0.05) is 29.5 Å². The number of rotatable bonds is 5. The van der Waals surface area contributed by atoms with E-state index < -0.39 is 0 Å². The number of aromatic nitrogens is 2. The monoisotopic (exact) mass is 341 g/mol. The molecule has 4 aromatic rings. The molecule has 1 atom stereocenters. The first kappa shape index (κ1) is 16.1. The average Bonchev–Trinajstić information content (AvgIpc) is 3.22. The van der Waals surface area contributed by atoms with Crippen molar-refractivity contribution in [3.8, 4) is 0 Å². The third kappa shape index (κ3) is 3.49. The topological polar surface area (TPSA) is 57.8 Å². The maximum atomic E-state index is 12.8. The molecule has 0 bridgehead atoms. The van der Waals surface area contributed by atoms with Gasteiger partial charge in [-0.1, -0.05) is 36.4 Å². The summed E-state index contributed by atoms with van der Waals surface area (Å²) in [6.07, 6.45) is 6.29. The summed E-state index contributed by atoms with van der Waals surface area (Å²) in [5.74, 6) is -0.0853. The largest absolute Gasteiger partial charge is 0.367 e. The molecule has 1 amide bonds. The van der Waals surface area contributed by atoms with Crippen LogP contribution in [-0.2, 0) is 6.42 Å². The molecule has 0 aliphatic rings. The minimum atomic E-state index is -0.0965. The van der Waals surface area contributed by atoms with Gasteiger partial charge in [0.25, 0.3) is 5.91 Å². The summed E-state index contributed by atoms with van der Waals surface area (Å²) in [4.78, 5) is 20.2. The van der Waals surface area contributed by atoms with Gasteiger partial charge in [-0.2, -0.15) is 0 Å². The number of aromatic amines is 1. The molecule has 26 heavy (non-hydrogen) atoms. The van der Waals surface area contributed by atoms with Gasteiger partial charge in [0.05, 0.1) is 11.6 Å². The highest BCUT2D eigenvalue weighted by atomic mass is 16.1. The third-order valence-corrected chi connectivity index (χ3v) is 4.48. The molecule has 0 radical (unpaired) electrons. The Morgan fingerprint density at radius 2 is 1.92 bits per heavy atom. The summed E-state index contributed by atoms with van der Waals surface area (Å²) in [7, 11) is 0. The van der Waals surface area contributed by atoms with Gasteiger partial charge in [-0.3, -0.25) is 9.78 Å². The molecule has 0 aliphatic heterocycles. The average molecular weight is 341 g/mol. The Hall–Kier alpha value is -3.40. The number of fused-ring (bicyclic) bond motifs is 1. The van der Waals surface area contributed by atoms with E-state index in [0.29, 0.717) is 5.56 Å². The molecule has 2 aromatic heterocycles. The number of carbonyl (C=O) groups is 1. The van der Waals surface area contributed by atoms with Crippen LogP contribution in [0.2, 0.25) is 0 Å². The Morgan fingerprint density at radius 3 is 2.73 bits per heavy atom. The smallest absolute Gasteiger partial charge is 0.251 e. The third-order valence-electron chi connectivity index (χ3n) is 4.48. The minimum absolute atomic E-state index is 0.0853. The summed E-state index contributed by atoms with van der Waals surface area (Å²) in [6.45, 7) is 0. The standard InChI is InChI=1S/C22H19N3O/c26-22(18-8-9-20-17(14-18)7-4-11-24-20)25-21(19-10-12-23-15-19)13-16-5-2-1-3-6-16/h1-12,14-15,21,23H,13H2,(H,25,26). The molecule has 0 fully saturated rings. The molecular weight excluding hydrogens is 322 g/mol. The lowest BCUT2D eigenvalue weighted by Crippen LogP contribution is -2.29. The molecule has 2 aromatic carbocycles. The Morgan fingerprint density at radius 1 is 1.04 bits per heavy atom. The number of nitrogens with one attached hydrogen (secondary N) is 2. The van der Waals surface area contributed by atoms with E-state index in [4.69, 9.17) is 0 Å². The summed E-state index contributed by atoms with van der Waals surface area (Å²) in [6, 6.07) is 21.5. The van der Waals surface area contributed by atoms with E-state index in [1.807, 2.05) is 67.0 Å². The van der Waals surface area contributed by atoms with E-state index in [2.05, 4.69) is 27.4 Å². The Bertz CT molecular complexity index is 1010. The lowest BCUT2D eigenvalue weighted by atomic mass is 10.0. The van der Waals surface area contributed by atoms with Gasteiger partial charge in [0.15, 0.2) is 0 Å². The summed E-state index contributed by atoms with van der Waals surface area (Å²) >= 11 is 0. The fourth-order valence-electron chi connectivity index (χ4n) is 3.11. The van der Waals surface area contributed by atoms with Crippen molar-refractivity contribution in [3.63, 3.8) is 0 Å². The van der Waals surface area contributed by atoms with Crippen LogP contribution < -0.4 is 5.32 Å². The molecule has 128 valence electrons. The van der Waals surface area contributed by atoms with Gasteiger partial charge >= 0.3 is 0 Å². The van der Waals surface area contributed by atoms with Gasteiger partial charge in [-0.25, -0.2) is 0 Å². The molecule has 0 saturated heterocycles.